The molecule has 2 atom stereocenters. The SMILES string of the molecule is CN=C(NCC(C)Oc1cccc(OC)c1)N1CCC(OCC2CCCCO2)CC1.I. The zero-order chi connectivity index (χ0) is 21.2. The lowest BCUT2D eigenvalue weighted by Crippen LogP contribution is -2.49. The van der Waals surface area contributed by atoms with Crippen LogP contribution in [0.3, 0.4) is 0 Å². The second kappa shape index (κ2) is 14.0. The molecule has 8 heteroatoms. The molecule has 31 heavy (non-hydrogen) atoms. The van der Waals surface area contributed by atoms with E-state index in [9.17, 15) is 0 Å². The minimum absolute atomic E-state index is 0. The Morgan fingerprint density at radius 3 is 2.68 bits per heavy atom. The van der Waals surface area contributed by atoms with Gasteiger partial charge >= 0.3 is 0 Å². The third kappa shape index (κ3) is 8.65. The van der Waals surface area contributed by atoms with Gasteiger partial charge in [0.1, 0.15) is 17.6 Å². The average Bonchev–Trinajstić information content (AvgIpc) is 2.79. The highest BCUT2D eigenvalue weighted by atomic mass is 127. The van der Waals surface area contributed by atoms with Gasteiger partial charge in [0.05, 0.1) is 32.5 Å². The van der Waals surface area contributed by atoms with Crippen molar-refractivity contribution in [2.45, 2.75) is 57.3 Å². The summed E-state index contributed by atoms with van der Waals surface area (Å²) in [5.41, 5.74) is 0. The number of guanidine groups is 1. The highest BCUT2D eigenvalue weighted by Gasteiger charge is 2.24. The molecule has 0 bridgehead atoms. The van der Waals surface area contributed by atoms with Crippen molar-refractivity contribution in [3.63, 3.8) is 0 Å². The van der Waals surface area contributed by atoms with Gasteiger partial charge in [-0.3, -0.25) is 4.99 Å². The van der Waals surface area contributed by atoms with Crippen LogP contribution in [0.5, 0.6) is 11.5 Å². The number of halogens is 1. The highest BCUT2D eigenvalue weighted by Crippen LogP contribution is 2.20. The molecule has 2 aliphatic rings. The van der Waals surface area contributed by atoms with Crippen LogP contribution in [0.1, 0.15) is 39.0 Å². The molecule has 2 aliphatic heterocycles. The lowest BCUT2D eigenvalue weighted by molar-refractivity contribution is -0.0721. The fourth-order valence-electron chi connectivity index (χ4n) is 3.93. The maximum Gasteiger partial charge on any atom is 0.193 e. The van der Waals surface area contributed by atoms with Gasteiger partial charge in [-0.1, -0.05) is 6.07 Å². The average molecular weight is 547 g/mol. The maximum absolute atomic E-state index is 6.13. The summed E-state index contributed by atoms with van der Waals surface area (Å²) in [7, 11) is 3.49. The van der Waals surface area contributed by atoms with E-state index in [-0.39, 0.29) is 36.2 Å². The number of benzene rings is 1. The predicted molar refractivity (Wildman–Crippen MR) is 134 cm³/mol. The Morgan fingerprint density at radius 2 is 2.00 bits per heavy atom. The lowest BCUT2D eigenvalue weighted by atomic mass is 10.1. The third-order valence-electron chi connectivity index (χ3n) is 5.67. The maximum atomic E-state index is 6.13. The molecule has 0 amide bonds. The van der Waals surface area contributed by atoms with Gasteiger partial charge in [-0.2, -0.15) is 0 Å². The quantitative estimate of drug-likeness (QED) is 0.304. The Kier molecular flexibility index (Phi) is 11.7. The van der Waals surface area contributed by atoms with Crippen molar-refractivity contribution in [2.75, 3.05) is 47.0 Å². The van der Waals surface area contributed by atoms with Gasteiger partial charge in [0.25, 0.3) is 0 Å². The number of rotatable bonds is 8. The molecule has 2 unspecified atom stereocenters. The number of ether oxygens (including phenoxy) is 4. The monoisotopic (exact) mass is 547 g/mol. The molecule has 0 spiro atoms. The predicted octanol–water partition coefficient (Wildman–Crippen LogP) is 3.71. The van der Waals surface area contributed by atoms with Crippen molar-refractivity contribution in [1.82, 2.24) is 10.2 Å². The van der Waals surface area contributed by atoms with Crippen LogP contribution in [0.2, 0.25) is 0 Å². The number of nitrogens with one attached hydrogen (secondary N) is 1. The van der Waals surface area contributed by atoms with Gasteiger partial charge in [0.15, 0.2) is 5.96 Å². The number of piperidine rings is 1. The first kappa shape index (κ1) is 26.0. The summed E-state index contributed by atoms with van der Waals surface area (Å²) < 4.78 is 23.1. The summed E-state index contributed by atoms with van der Waals surface area (Å²) in [6.45, 7) is 6.24. The van der Waals surface area contributed by atoms with E-state index in [0.29, 0.717) is 12.6 Å². The number of hydrogen-bond acceptors (Lipinski definition) is 5. The van der Waals surface area contributed by atoms with E-state index in [4.69, 9.17) is 18.9 Å². The minimum Gasteiger partial charge on any atom is -0.497 e. The summed E-state index contributed by atoms with van der Waals surface area (Å²) in [5, 5.41) is 3.45. The molecule has 3 rings (SSSR count). The molecule has 0 saturated carbocycles. The fraction of sp³-hybridized carbons (Fsp3) is 0.696. The normalized spacial score (nSPS) is 21.2. The molecular formula is C23H38IN3O4. The van der Waals surface area contributed by atoms with E-state index in [0.717, 1.165) is 63.0 Å². The molecular weight excluding hydrogens is 509 g/mol. The van der Waals surface area contributed by atoms with Crippen LogP contribution in [0, 0.1) is 0 Å². The Hall–Kier alpha value is -1.26. The van der Waals surface area contributed by atoms with E-state index in [1.54, 1.807) is 7.11 Å². The Labute approximate surface area is 203 Å². The third-order valence-corrected chi connectivity index (χ3v) is 5.67. The number of hydrogen-bond donors (Lipinski definition) is 1. The van der Waals surface area contributed by atoms with Crippen molar-refractivity contribution in [1.29, 1.82) is 0 Å². The molecule has 0 aromatic heterocycles. The number of aliphatic imine (C=N–C) groups is 1. The van der Waals surface area contributed by atoms with Gasteiger partial charge in [-0.15, -0.1) is 24.0 Å². The van der Waals surface area contributed by atoms with Gasteiger partial charge in [-0.25, -0.2) is 0 Å². The first-order valence-electron chi connectivity index (χ1n) is 11.2. The van der Waals surface area contributed by atoms with Crippen LogP contribution in [-0.4, -0.2) is 76.2 Å². The molecule has 0 aliphatic carbocycles. The van der Waals surface area contributed by atoms with Crippen LogP contribution < -0.4 is 14.8 Å². The van der Waals surface area contributed by atoms with Crippen LogP contribution in [-0.2, 0) is 9.47 Å². The van der Waals surface area contributed by atoms with Crippen LogP contribution >= 0.6 is 24.0 Å². The van der Waals surface area contributed by atoms with E-state index in [1.165, 1.54) is 12.8 Å². The second-order valence-corrected chi connectivity index (χ2v) is 8.04. The molecule has 1 aromatic rings. The molecule has 1 aromatic carbocycles. The minimum atomic E-state index is 0. The lowest BCUT2D eigenvalue weighted by Gasteiger charge is -2.35. The molecule has 7 nitrogen and oxygen atoms in total. The van der Waals surface area contributed by atoms with Gasteiger partial charge in [0.2, 0.25) is 0 Å². The second-order valence-electron chi connectivity index (χ2n) is 8.04. The molecule has 2 fully saturated rings. The fourth-order valence-corrected chi connectivity index (χ4v) is 3.93. The molecule has 0 radical (unpaired) electrons. The van der Waals surface area contributed by atoms with Crippen LogP contribution in [0.25, 0.3) is 0 Å². The van der Waals surface area contributed by atoms with E-state index < -0.39 is 0 Å². The van der Waals surface area contributed by atoms with E-state index in [1.807, 2.05) is 38.2 Å². The summed E-state index contributed by atoms with van der Waals surface area (Å²) in [6.07, 6.45) is 6.22. The van der Waals surface area contributed by atoms with Crippen LogP contribution in [0.4, 0.5) is 0 Å². The van der Waals surface area contributed by atoms with Gasteiger partial charge in [-0.05, 0) is 51.2 Å². The standard InChI is InChI=1S/C23H37N3O4.HI/c1-18(30-21-9-6-8-20(15-21)27-3)16-25-23(24-2)26-12-10-19(11-13-26)29-17-22-7-4-5-14-28-22;/h6,8-9,15,18-19,22H,4-5,7,10-14,16-17H2,1-3H3,(H,24,25);1H. The Morgan fingerprint density at radius 1 is 1.23 bits per heavy atom. The van der Waals surface area contributed by atoms with Crippen molar-refractivity contribution in [3.8, 4) is 11.5 Å². The van der Waals surface area contributed by atoms with Crippen molar-refractivity contribution in [3.05, 3.63) is 24.3 Å². The highest BCUT2D eigenvalue weighted by molar-refractivity contribution is 14.0. The molecule has 1 N–H and O–H groups in total. The largest absolute Gasteiger partial charge is 0.497 e. The number of methoxy groups -OCH3 is 1. The molecule has 176 valence electrons. The Bertz CT molecular complexity index is 662. The van der Waals surface area contributed by atoms with Crippen molar-refractivity contribution in [2.24, 2.45) is 4.99 Å². The zero-order valence-corrected chi connectivity index (χ0v) is 21.4. The van der Waals surface area contributed by atoms with Crippen LogP contribution in [0.15, 0.2) is 29.3 Å². The number of likely N-dealkylation sites (tertiary alicyclic amines) is 1. The van der Waals surface area contributed by atoms with Gasteiger partial charge in [0, 0.05) is 32.8 Å². The summed E-state index contributed by atoms with van der Waals surface area (Å²) in [5.74, 6) is 2.52. The zero-order valence-electron chi connectivity index (χ0n) is 19.0. The first-order chi connectivity index (χ1) is 14.7. The van der Waals surface area contributed by atoms with Crippen molar-refractivity contribution >= 4 is 29.9 Å². The first-order valence-corrected chi connectivity index (χ1v) is 11.2. The molecule has 2 heterocycles. The Balaban J connectivity index is 0.00000341. The summed E-state index contributed by atoms with van der Waals surface area (Å²) in [4.78, 5) is 6.76. The molecule has 2 saturated heterocycles. The smallest absolute Gasteiger partial charge is 0.193 e. The van der Waals surface area contributed by atoms with Crippen molar-refractivity contribution < 1.29 is 18.9 Å². The van der Waals surface area contributed by atoms with Gasteiger partial charge < -0.3 is 29.2 Å². The van der Waals surface area contributed by atoms with E-state index in [2.05, 4.69) is 15.2 Å². The topological polar surface area (TPSA) is 64.6 Å². The van der Waals surface area contributed by atoms with E-state index >= 15 is 0 Å². The summed E-state index contributed by atoms with van der Waals surface area (Å²) in [6, 6.07) is 7.68. The summed E-state index contributed by atoms with van der Waals surface area (Å²) >= 11 is 0. The number of nitrogens with zero attached hydrogens (tertiary/aromatic N) is 2.